The molecule has 2 unspecified atom stereocenters. The molecule has 1 aliphatic heterocycles. The van der Waals surface area contributed by atoms with E-state index in [0.717, 1.165) is 34.7 Å². The molecule has 3 N–H and O–H groups in total. The summed E-state index contributed by atoms with van der Waals surface area (Å²) in [6.07, 6.45) is 4.71. The van der Waals surface area contributed by atoms with Crippen LogP contribution in [0.15, 0.2) is 34.1 Å². The average Bonchev–Trinajstić information content (AvgIpc) is 2.87. The van der Waals surface area contributed by atoms with Gasteiger partial charge in [-0.25, -0.2) is 0 Å². The van der Waals surface area contributed by atoms with E-state index in [1.165, 1.54) is 17.4 Å². The summed E-state index contributed by atoms with van der Waals surface area (Å²) in [6.45, 7) is 0.161. The van der Waals surface area contributed by atoms with E-state index in [-0.39, 0.29) is 42.9 Å². The van der Waals surface area contributed by atoms with Crippen molar-refractivity contribution in [2.75, 3.05) is 5.32 Å². The number of aromatic nitrogens is 1. The topological polar surface area (TPSA) is 104 Å². The van der Waals surface area contributed by atoms with Crippen molar-refractivity contribution < 1.29 is 15.0 Å². The lowest BCUT2D eigenvalue weighted by Crippen LogP contribution is -2.35. The molecule has 150 valence electrons. The smallest absolute Gasteiger partial charge is 0.303 e. The third-order valence-corrected chi connectivity index (χ3v) is 6.26. The number of carbonyl (C=O) groups is 1. The van der Waals surface area contributed by atoms with Gasteiger partial charge in [-0.3, -0.25) is 19.1 Å². The number of pyridine rings is 1. The van der Waals surface area contributed by atoms with Crippen molar-refractivity contribution >= 4 is 33.2 Å². The largest absolute Gasteiger partial charge is 0.494 e. The lowest BCUT2D eigenvalue weighted by atomic mass is 9.91. The van der Waals surface area contributed by atoms with E-state index < -0.39 is 5.97 Å². The Bertz CT molecular complexity index is 1250. The van der Waals surface area contributed by atoms with Crippen molar-refractivity contribution in [3.8, 4) is 5.88 Å². The molecule has 2 heterocycles. The Labute approximate surface area is 166 Å². The van der Waals surface area contributed by atoms with E-state index in [1.807, 2.05) is 18.2 Å². The van der Waals surface area contributed by atoms with Gasteiger partial charge >= 0.3 is 5.97 Å². The normalized spacial score (nSPS) is 20.7. The first kappa shape index (κ1) is 18.0. The molecule has 0 radical (unpaired) electrons. The Hall–Kier alpha value is -3.09. The van der Waals surface area contributed by atoms with Crippen LogP contribution >= 0.6 is 0 Å². The molecule has 7 nitrogen and oxygen atoms in total. The second-order valence-corrected chi connectivity index (χ2v) is 8.05. The summed E-state index contributed by atoms with van der Waals surface area (Å²) in [6, 6.07) is 8.00. The van der Waals surface area contributed by atoms with Gasteiger partial charge < -0.3 is 15.5 Å². The zero-order valence-corrected chi connectivity index (χ0v) is 16.0. The number of fused-ring (bicyclic) bond motifs is 1. The maximum atomic E-state index is 13.1. The summed E-state index contributed by atoms with van der Waals surface area (Å²) in [5, 5.41) is 27.0. The monoisotopic (exact) mass is 393 g/mol. The Balaban J connectivity index is 1.75. The summed E-state index contributed by atoms with van der Waals surface area (Å²) in [5.74, 6) is -1.03. The van der Waals surface area contributed by atoms with Crippen LogP contribution in [0.25, 0.3) is 21.5 Å². The second-order valence-electron chi connectivity index (χ2n) is 8.05. The van der Waals surface area contributed by atoms with E-state index in [2.05, 4.69) is 5.32 Å². The summed E-state index contributed by atoms with van der Waals surface area (Å²) >= 11 is 0. The molecule has 5 rings (SSSR count). The number of nitrogens with one attached hydrogen (secondary N) is 1. The molecule has 2 aliphatic rings. The van der Waals surface area contributed by atoms with Crippen LogP contribution in [0, 0.1) is 0 Å². The van der Waals surface area contributed by atoms with Gasteiger partial charge in [0, 0.05) is 46.2 Å². The fourth-order valence-corrected chi connectivity index (χ4v) is 4.87. The van der Waals surface area contributed by atoms with E-state index in [4.69, 9.17) is 10.1 Å². The van der Waals surface area contributed by atoms with Crippen molar-refractivity contribution in [2.45, 2.75) is 57.2 Å². The Kier molecular flexibility index (Phi) is 4.19. The molecule has 7 heteroatoms. The number of aromatic hydroxyl groups is 1. The second kappa shape index (κ2) is 6.76. The van der Waals surface area contributed by atoms with Gasteiger partial charge in [0.2, 0.25) is 5.88 Å². The standard InChI is InChI=1S/C22H23N3O4/c26-18(27)6-3-11-25-21(28)12-7-9-16-20-17(10-8-13(19(12)20)22(25)29)24-15-5-2-1-4-14(15)23-16/h7-10,14-15,23,29H,1-6,11H2,(H,26,27). The first-order chi connectivity index (χ1) is 14.0. The number of rotatable bonds is 4. The van der Waals surface area contributed by atoms with E-state index in [1.54, 1.807) is 6.07 Å². The van der Waals surface area contributed by atoms with Gasteiger partial charge in [-0.1, -0.05) is 12.8 Å². The summed E-state index contributed by atoms with van der Waals surface area (Å²) in [5.41, 5.74) is 0.657. The highest BCUT2D eigenvalue weighted by Gasteiger charge is 2.28. The van der Waals surface area contributed by atoms with Crippen LogP contribution in [0.2, 0.25) is 0 Å². The zero-order valence-electron chi connectivity index (χ0n) is 16.0. The van der Waals surface area contributed by atoms with Gasteiger partial charge in [0.25, 0.3) is 5.56 Å². The van der Waals surface area contributed by atoms with E-state index in [9.17, 15) is 14.7 Å². The molecule has 0 saturated heterocycles. The number of hydrogen-bond acceptors (Lipinski definition) is 5. The molecular weight excluding hydrogens is 370 g/mol. The minimum atomic E-state index is -0.918. The molecule has 1 saturated carbocycles. The van der Waals surface area contributed by atoms with Crippen LogP contribution in [0.5, 0.6) is 5.88 Å². The Morgan fingerprint density at radius 1 is 1.14 bits per heavy atom. The minimum Gasteiger partial charge on any atom is -0.494 e. The first-order valence-electron chi connectivity index (χ1n) is 10.2. The van der Waals surface area contributed by atoms with Crippen LogP contribution < -0.4 is 16.2 Å². The molecule has 0 amide bonds. The molecule has 1 fully saturated rings. The lowest BCUT2D eigenvalue weighted by Gasteiger charge is -2.29. The van der Waals surface area contributed by atoms with E-state index in [0.29, 0.717) is 10.8 Å². The molecule has 3 aromatic rings. The van der Waals surface area contributed by atoms with E-state index >= 15 is 0 Å². The van der Waals surface area contributed by atoms with Gasteiger partial charge in [0.15, 0.2) is 0 Å². The number of carboxylic acid groups (broad SMARTS) is 1. The zero-order chi connectivity index (χ0) is 20.1. The summed E-state index contributed by atoms with van der Waals surface area (Å²) in [7, 11) is 0. The van der Waals surface area contributed by atoms with Gasteiger partial charge in [0.05, 0.1) is 11.4 Å². The lowest BCUT2D eigenvalue weighted by molar-refractivity contribution is -0.137. The van der Waals surface area contributed by atoms with Crippen LogP contribution in [-0.4, -0.2) is 32.8 Å². The van der Waals surface area contributed by atoms with Crippen LogP contribution in [-0.2, 0) is 11.3 Å². The van der Waals surface area contributed by atoms with Crippen LogP contribution in [0.1, 0.15) is 38.5 Å². The number of nitrogens with zero attached hydrogens (tertiary/aromatic N) is 2. The van der Waals surface area contributed by atoms with Crippen molar-refractivity contribution in [1.82, 2.24) is 4.57 Å². The Morgan fingerprint density at radius 2 is 1.93 bits per heavy atom. The fraction of sp³-hybridized carbons (Fsp3) is 0.409. The van der Waals surface area contributed by atoms with Gasteiger partial charge in [-0.15, -0.1) is 0 Å². The molecule has 1 aliphatic carbocycles. The van der Waals surface area contributed by atoms with Gasteiger partial charge in [-0.2, -0.15) is 0 Å². The number of benzene rings is 2. The van der Waals surface area contributed by atoms with Crippen molar-refractivity contribution in [3.63, 3.8) is 0 Å². The quantitative estimate of drug-likeness (QED) is 0.632. The number of anilines is 1. The number of aliphatic carboxylic acids is 1. The molecule has 2 aromatic carbocycles. The van der Waals surface area contributed by atoms with Gasteiger partial charge in [0.1, 0.15) is 0 Å². The summed E-state index contributed by atoms with van der Waals surface area (Å²) in [4.78, 5) is 28.9. The molecule has 1 aromatic heterocycles. The number of hydrogen-bond donors (Lipinski definition) is 3. The predicted octanol–water partition coefficient (Wildman–Crippen LogP) is 2.80. The van der Waals surface area contributed by atoms with Gasteiger partial charge in [-0.05, 0) is 43.5 Å². The first-order valence-corrected chi connectivity index (χ1v) is 10.2. The predicted molar refractivity (Wildman–Crippen MR) is 111 cm³/mol. The molecule has 0 bridgehead atoms. The molecule has 29 heavy (non-hydrogen) atoms. The van der Waals surface area contributed by atoms with Crippen LogP contribution in [0.4, 0.5) is 5.69 Å². The highest BCUT2D eigenvalue weighted by atomic mass is 16.4. The SMILES string of the molecule is O=C(O)CCCn1c(O)c2ccc3c4c(ccc(c1=O)c24)NC1CCCCC1N=3. The highest BCUT2D eigenvalue weighted by Crippen LogP contribution is 2.36. The van der Waals surface area contributed by atoms with Crippen molar-refractivity contribution in [3.05, 3.63) is 40.0 Å². The molecule has 0 spiro atoms. The average molecular weight is 393 g/mol. The van der Waals surface area contributed by atoms with Crippen molar-refractivity contribution in [2.24, 2.45) is 4.99 Å². The minimum absolute atomic E-state index is 0.0528. The van der Waals surface area contributed by atoms with Crippen molar-refractivity contribution in [1.29, 1.82) is 0 Å². The summed E-state index contributed by atoms with van der Waals surface area (Å²) < 4.78 is 1.28. The fourth-order valence-electron chi connectivity index (χ4n) is 4.87. The third-order valence-electron chi connectivity index (χ3n) is 6.26. The van der Waals surface area contributed by atoms with Crippen LogP contribution in [0.3, 0.4) is 0 Å². The Morgan fingerprint density at radius 3 is 2.76 bits per heavy atom. The third kappa shape index (κ3) is 2.84. The number of carboxylic acids is 1. The maximum Gasteiger partial charge on any atom is 0.303 e. The highest BCUT2D eigenvalue weighted by molar-refractivity contribution is 6.15. The maximum absolute atomic E-state index is 13.1. The molecular formula is C22H23N3O4. The molecule has 2 atom stereocenters.